The summed E-state index contributed by atoms with van der Waals surface area (Å²) in [6, 6.07) is 7.37. The van der Waals surface area contributed by atoms with E-state index in [1.54, 1.807) is 0 Å². The fourth-order valence-electron chi connectivity index (χ4n) is 3.62. The van der Waals surface area contributed by atoms with Gasteiger partial charge in [0.1, 0.15) is 0 Å². The van der Waals surface area contributed by atoms with Crippen LogP contribution < -0.4 is 0 Å². The predicted octanol–water partition coefficient (Wildman–Crippen LogP) is 6.08. The van der Waals surface area contributed by atoms with Crippen molar-refractivity contribution in [2.75, 3.05) is 0 Å². The maximum atomic E-state index is 3.68. The zero-order valence-electron chi connectivity index (χ0n) is 17.1. The average molecular weight is 395 g/mol. The Balaban J connectivity index is 0.00000288. The van der Waals surface area contributed by atoms with E-state index in [4.69, 9.17) is 0 Å². The van der Waals surface area contributed by atoms with Gasteiger partial charge in [-0.3, -0.25) is 0 Å². The van der Waals surface area contributed by atoms with Crippen LogP contribution in [-0.4, -0.2) is 0 Å². The first-order valence-electron chi connectivity index (χ1n) is 8.50. The van der Waals surface area contributed by atoms with E-state index in [1.165, 1.54) is 55.6 Å². The summed E-state index contributed by atoms with van der Waals surface area (Å²) in [5.41, 5.74) is 13.3. The van der Waals surface area contributed by atoms with E-state index in [1.807, 2.05) is 0 Å². The molecule has 0 saturated carbocycles. The quantitative estimate of drug-likeness (QED) is 0.541. The topological polar surface area (TPSA) is 0 Å². The van der Waals surface area contributed by atoms with Gasteiger partial charge in [0.05, 0.1) is 0 Å². The molecule has 0 nitrogen and oxygen atoms in total. The van der Waals surface area contributed by atoms with E-state index >= 15 is 0 Å². The van der Waals surface area contributed by atoms with Crippen molar-refractivity contribution in [1.82, 2.24) is 0 Å². The van der Waals surface area contributed by atoms with Crippen LogP contribution >= 0.6 is 0 Å². The Labute approximate surface area is 174 Å². The van der Waals surface area contributed by atoms with Crippen molar-refractivity contribution in [2.45, 2.75) is 74.7 Å². The molecule has 1 heteroatoms. The molecular formula is C23H30Y-2. The molecular weight excluding hydrogens is 365 g/mol. The Hall–Kier alpha value is -0.456. The third kappa shape index (κ3) is 3.42. The molecule has 0 bridgehead atoms. The van der Waals surface area contributed by atoms with Crippen molar-refractivity contribution < 1.29 is 32.7 Å². The first-order chi connectivity index (χ1) is 10.5. The third-order valence-corrected chi connectivity index (χ3v) is 6.00. The van der Waals surface area contributed by atoms with Gasteiger partial charge in [0.25, 0.3) is 0 Å². The van der Waals surface area contributed by atoms with Crippen molar-refractivity contribution in [2.24, 2.45) is 0 Å². The summed E-state index contributed by atoms with van der Waals surface area (Å²) in [4.78, 5) is 0. The Morgan fingerprint density at radius 2 is 0.792 bits per heavy atom. The molecule has 127 valence electrons. The molecule has 0 N–H and O–H groups in total. The minimum Gasteiger partial charge on any atom is -0.176 e. The van der Waals surface area contributed by atoms with Gasteiger partial charge in [-0.1, -0.05) is 69.2 Å². The second kappa shape index (κ2) is 7.42. The Morgan fingerprint density at radius 3 is 1.08 bits per heavy atom. The van der Waals surface area contributed by atoms with Crippen LogP contribution in [0.2, 0.25) is 0 Å². The van der Waals surface area contributed by atoms with E-state index in [-0.39, 0.29) is 38.1 Å². The second-order valence-electron chi connectivity index (χ2n) is 7.62. The molecule has 0 fully saturated rings. The predicted molar refractivity (Wildman–Crippen MR) is 101 cm³/mol. The van der Waals surface area contributed by atoms with Crippen molar-refractivity contribution in [3.8, 4) is 0 Å². The SMILES string of the molecule is Cc1[c-]c(C(C)(C)c2[c-]c(C)c(C)c(C)c2C)c(C)c(C)c1C.[Y]. The summed E-state index contributed by atoms with van der Waals surface area (Å²) < 4.78 is 0. The van der Waals surface area contributed by atoms with E-state index in [2.05, 4.69) is 81.4 Å². The Bertz CT molecular complexity index is 714. The molecule has 0 saturated heterocycles. The van der Waals surface area contributed by atoms with Crippen LogP contribution in [0.5, 0.6) is 0 Å². The first-order valence-corrected chi connectivity index (χ1v) is 8.50. The summed E-state index contributed by atoms with van der Waals surface area (Å²) in [6.07, 6.45) is 0. The number of hydrogen-bond acceptors (Lipinski definition) is 0. The monoisotopic (exact) mass is 395 g/mol. The summed E-state index contributed by atoms with van der Waals surface area (Å²) in [5.74, 6) is 0. The van der Waals surface area contributed by atoms with Gasteiger partial charge in [0.15, 0.2) is 0 Å². The molecule has 0 atom stereocenters. The van der Waals surface area contributed by atoms with Gasteiger partial charge in [-0.15, -0.1) is 0 Å². The van der Waals surface area contributed by atoms with Crippen LogP contribution in [0.25, 0.3) is 0 Å². The van der Waals surface area contributed by atoms with Crippen LogP contribution in [0.3, 0.4) is 0 Å². The van der Waals surface area contributed by atoms with E-state index in [0.29, 0.717) is 0 Å². The molecule has 2 aromatic carbocycles. The van der Waals surface area contributed by atoms with Crippen LogP contribution in [-0.2, 0) is 38.1 Å². The van der Waals surface area contributed by atoms with E-state index < -0.39 is 0 Å². The second-order valence-corrected chi connectivity index (χ2v) is 7.62. The molecule has 0 aromatic heterocycles. The van der Waals surface area contributed by atoms with Gasteiger partial charge in [0.2, 0.25) is 0 Å². The largest absolute Gasteiger partial charge is 0.176 e. The number of aryl methyl sites for hydroxylation is 2. The summed E-state index contributed by atoms with van der Waals surface area (Å²) >= 11 is 0. The maximum absolute atomic E-state index is 3.68. The molecule has 0 aliphatic heterocycles. The molecule has 2 aromatic rings. The van der Waals surface area contributed by atoms with Crippen LogP contribution in [0, 0.1) is 67.5 Å². The smallest absolute Gasteiger partial charge is 0 e. The summed E-state index contributed by atoms with van der Waals surface area (Å²) in [7, 11) is 0. The standard InChI is InChI=1S/C23H30.Y/c1-13-11-21(19(7)17(5)15(13)3)23(9,10)22-12-14(2)16(4)18(6)20(22)8;/h1-10H3;/q-2;. The maximum Gasteiger partial charge on any atom is 0 e. The van der Waals surface area contributed by atoms with Crippen molar-refractivity contribution in [3.05, 3.63) is 67.8 Å². The molecule has 0 aliphatic carbocycles. The molecule has 0 heterocycles. The van der Waals surface area contributed by atoms with Crippen molar-refractivity contribution in [3.63, 3.8) is 0 Å². The molecule has 2 rings (SSSR count). The fraction of sp³-hybridized carbons (Fsp3) is 0.478. The Kier molecular flexibility index (Phi) is 6.68. The van der Waals surface area contributed by atoms with Crippen LogP contribution in [0.4, 0.5) is 0 Å². The van der Waals surface area contributed by atoms with Crippen molar-refractivity contribution in [1.29, 1.82) is 0 Å². The molecule has 0 amide bonds. The van der Waals surface area contributed by atoms with E-state index in [0.717, 1.165) is 0 Å². The zero-order chi connectivity index (χ0) is 17.7. The molecule has 0 spiro atoms. The van der Waals surface area contributed by atoms with Gasteiger partial charge in [-0.05, 0) is 5.41 Å². The first kappa shape index (κ1) is 21.6. The molecule has 24 heavy (non-hydrogen) atoms. The number of rotatable bonds is 2. The molecule has 0 aliphatic rings. The third-order valence-electron chi connectivity index (χ3n) is 6.00. The molecule has 1 radical (unpaired) electrons. The van der Waals surface area contributed by atoms with E-state index in [9.17, 15) is 0 Å². The Morgan fingerprint density at radius 1 is 0.500 bits per heavy atom. The normalized spacial score (nSPS) is 11.4. The summed E-state index contributed by atoms with van der Waals surface area (Å²) in [6.45, 7) is 22.3. The van der Waals surface area contributed by atoms with Gasteiger partial charge < -0.3 is 0 Å². The van der Waals surface area contributed by atoms with Crippen molar-refractivity contribution >= 4 is 0 Å². The van der Waals surface area contributed by atoms with Crippen LogP contribution in [0.15, 0.2) is 0 Å². The summed E-state index contributed by atoms with van der Waals surface area (Å²) in [5, 5.41) is 0. The minimum absolute atomic E-state index is 0. The number of hydrogen-bond donors (Lipinski definition) is 0. The fourth-order valence-corrected chi connectivity index (χ4v) is 3.62. The molecule has 0 unspecified atom stereocenters. The van der Waals surface area contributed by atoms with Gasteiger partial charge in [0, 0.05) is 32.7 Å². The van der Waals surface area contributed by atoms with Gasteiger partial charge in [-0.2, -0.15) is 67.8 Å². The average Bonchev–Trinajstić information content (AvgIpc) is 2.49. The van der Waals surface area contributed by atoms with Gasteiger partial charge >= 0.3 is 0 Å². The van der Waals surface area contributed by atoms with Gasteiger partial charge in [-0.25, -0.2) is 0 Å². The number of benzene rings is 2. The van der Waals surface area contributed by atoms with Crippen LogP contribution in [0.1, 0.15) is 69.5 Å². The zero-order valence-corrected chi connectivity index (χ0v) is 19.9. The minimum atomic E-state index is -0.0966.